The maximum Gasteiger partial charge on any atom is 0.315 e. The highest BCUT2D eigenvalue weighted by molar-refractivity contribution is 6.30. The molecule has 1 aromatic carbocycles. The van der Waals surface area contributed by atoms with Crippen LogP contribution in [0, 0.1) is 0 Å². The second-order valence-corrected chi connectivity index (χ2v) is 7.17. The molecule has 2 N–H and O–H groups in total. The standard InChI is InChI=1S/C18H25ClN2O/c19-15-8-6-7-14(13-15)18(11-4-5-12-18)21-17(22)20-16-9-2-1-3-10-16/h6-8,13,16H,1-5,9-12H2,(H2,20,21,22). The van der Waals surface area contributed by atoms with Gasteiger partial charge in [0.1, 0.15) is 0 Å². The highest BCUT2D eigenvalue weighted by atomic mass is 35.5. The molecule has 0 bridgehead atoms. The Bertz CT molecular complexity index is 520. The highest BCUT2D eigenvalue weighted by Gasteiger charge is 2.37. The van der Waals surface area contributed by atoms with Gasteiger partial charge in [-0.1, -0.05) is 55.8 Å². The van der Waals surface area contributed by atoms with E-state index in [1.54, 1.807) is 0 Å². The van der Waals surface area contributed by atoms with Gasteiger partial charge in [0, 0.05) is 11.1 Å². The molecule has 2 amide bonds. The molecule has 120 valence electrons. The van der Waals surface area contributed by atoms with Crippen LogP contribution < -0.4 is 10.6 Å². The fraction of sp³-hybridized carbons (Fsp3) is 0.611. The minimum Gasteiger partial charge on any atom is -0.335 e. The number of rotatable bonds is 3. The van der Waals surface area contributed by atoms with E-state index in [-0.39, 0.29) is 11.6 Å². The van der Waals surface area contributed by atoms with Crippen molar-refractivity contribution in [1.29, 1.82) is 0 Å². The topological polar surface area (TPSA) is 41.1 Å². The Morgan fingerprint density at radius 1 is 1.09 bits per heavy atom. The number of benzene rings is 1. The van der Waals surface area contributed by atoms with E-state index in [4.69, 9.17) is 11.6 Å². The van der Waals surface area contributed by atoms with Crippen molar-refractivity contribution in [3.63, 3.8) is 0 Å². The molecule has 2 aliphatic rings. The van der Waals surface area contributed by atoms with Gasteiger partial charge >= 0.3 is 6.03 Å². The molecular formula is C18H25ClN2O. The van der Waals surface area contributed by atoms with Gasteiger partial charge in [-0.3, -0.25) is 0 Å². The summed E-state index contributed by atoms with van der Waals surface area (Å²) in [6.45, 7) is 0. The van der Waals surface area contributed by atoms with Crippen molar-refractivity contribution < 1.29 is 4.79 Å². The van der Waals surface area contributed by atoms with E-state index in [2.05, 4.69) is 16.7 Å². The van der Waals surface area contributed by atoms with Crippen molar-refractivity contribution in [2.75, 3.05) is 0 Å². The van der Waals surface area contributed by atoms with Crippen molar-refractivity contribution >= 4 is 17.6 Å². The van der Waals surface area contributed by atoms with Gasteiger partial charge in [0.25, 0.3) is 0 Å². The van der Waals surface area contributed by atoms with E-state index >= 15 is 0 Å². The molecule has 3 nitrogen and oxygen atoms in total. The number of hydrogen-bond donors (Lipinski definition) is 2. The first kappa shape index (κ1) is 15.7. The summed E-state index contributed by atoms with van der Waals surface area (Å²) in [6.07, 6.45) is 10.2. The summed E-state index contributed by atoms with van der Waals surface area (Å²) in [4.78, 5) is 12.5. The molecule has 0 atom stereocenters. The Hall–Kier alpha value is -1.22. The zero-order chi connectivity index (χ0) is 15.4. The monoisotopic (exact) mass is 320 g/mol. The zero-order valence-corrected chi connectivity index (χ0v) is 13.8. The highest BCUT2D eigenvalue weighted by Crippen LogP contribution is 2.39. The maximum atomic E-state index is 12.5. The predicted octanol–water partition coefficient (Wildman–Crippen LogP) is 4.74. The molecule has 0 saturated heterocycles. The molecule has 22 heavy (non-hydrogen) atoms. The van der Waals surface area contributed by atoms with Crippen LogP contribution in [0.4, 0.5) is 4.79 Å². The molecule has 2 saturated carbocycles. The van der Waals surface area contributed by atoms with Crippen LogP contribution in [0.5, 0.6) is 0 Å². The number of halogens is 1. The minimum atomic E-state index is -0.246. The average Bonchev–Trinajstić information content (AvgIpc) is 2.98. The molecule has 0 unspecified atom stereocenters. The number of urea groups is 1. The summed E-state index contributed by atoms with van der Waals surface area (Å²) in [5.74, 6) is 0. The summed E-state index contributed by atoms with van der Waals surface area (Å²) in [6, 6.07) is 8.25. The Labute approximate surface area is 137 Å². The summed E-state index contributed by atoms with van der Waals surface area (Å²) in [7, 11) is 0. The summed E-state index contributed by atoms with van der Waals surface area (Å²) in [5.41, 5.74) is 0.889. The fourth-order valence-corrected chi connectivity index (χ4v) is 4.13. The van der Waals surface area contributed by atoms with Crippen molar-refractivity contribution in [3.8, 4) is 0 Å². The first-order chi connectivity index (χ1) is 10.7. The molecule has 0 spiro atoms. The molecule has 0 heterocycles. The molecule has 0 aliphatic heterocycles. The molecule has 2 fully saturated rings. The third kappa shape index (κ3) is 3.57. The zero-order valence-electron chi connectivity index (χ0n) is 13.0. The van der Waals surface area contributed by atoms with Crippen molar-refractivity contribution in [2.24, 2.45) is 0 Å². The molecule has 0 aromatic heterocycles. The molecule has 0 radical (unpaired) electrons. The van der Waals surface area contributed by atoms with Crippen LogP contribution in [-0.4, -0.2) is 12.1 Å². The molecule has 2 aliphatic carbocycles. The Morgan fingerprint density at radius 3 is 2.50 bits per heavy atom. The quantitative estimate of drug-likeness (QED) is 0.829. The van der Waals surface area contributed by atoms with Crippen LogP contribution in [0.15, 0.2) is 24.3 Å². The molecule has 1 aromatic rings. The van der Waals surface area contributed by atoms with Gasteiger partial charge in [-0.25, -0.2) is 4.79 Å². The summed E-state index contributed by atoms with van der Waals surface area (Å²) in [5, 5.41) is 7.18. The van der Waals surface area contributed by atoms with E-state index in [9.17, 15) is 4.79 Å². The van der Waals surface area contributed by atoms with Crippen molar-refractivity contribution in [2.45, 2.75) is 69.4 Å². The lowest BCUT2D eigenvalue weighted by molar-refractivity contribution is 0.216. The van der Waals surface area contributed by atoms with Crippen LogP contribution in [0.2, 0.25) is 5.02 Å². The van der Waals surface area contributed by atoms with Crippen LogP contribution in [0.3, 0.4) is 0 Å². The van der Waals surface area contributed by atoms with Crippen LogP contribution in [0.1, 0.15) is 63.4 Å². The third-order valence-corrected chi connectivity index (χ3v) is 5.36. The van der Waals surface area contributed by atoms with E-state index in [1.807, 2.05) is 18.2 Å². The Kier molecular flexibility index (Phi) is 4.92. The van der Waals surface area contributed by atoms with E-state index in [1.165, 1.54) is 19.3 Å². The second kappa shape index (κ2) is 6.91. The van der Waals surface area contributed by atoms with Gasteiger partial charge in [0.15, 0.2) is 0 Å². The van der Waals surface area contributed by atoms with Gasteiger partial charge in [-0.15, -0.1) is 0 Å². The minimum absolute atomic E-state index is 0.0197. The SMILES string of the molecule is O=C(NC1CCCCC1)NC1(c2cccc(Cl)c2)CCCC1. The van der Waals surface area contributed by atoms with E-state index in [0.29, 0.717) is 6.04 Å². The van der Waals surface area contributed by atoms with Gasteiger partial charge in [0.2, 0.25) is 0 Å². The Balaban J connectivity index is 1.70. The van der Waals surface area contributed by atoms with Crippen LogP contribution in [-0.2, 0) is 5.54 Å². The number of hydrogen-bond acceptors (Lipinski definition) is 1. The van der Waals surface area contributed by atoms with Crippen LogP contribution >= 0.6 is 11.6 Å². The van der Waals surface area contributed by atoms with E-state index in [0.717, 1.165) is 49.1 Å². The fourth-order valence-electron chi connectivity index (χ4n) is 3.94. The lowest BCUT2D eigenvalue weighted by atomic mass is 9.88. The average molecular weight is 321 g/mol. The molecular weight excluding hydrogens is 296 g/mol. The number of carbonyl (C=O) groups is 1. The molecule has 4 heteroatoms. The number of amides is 2. The maximum absolute atomic E-state index is 12.5. The smallest absolute Gasteiger partial charge is 0.315 e. The second-order valence-electron chi connectivity index (χ2n) is 6.73. The first-order valence-electron chi connectivity index (χ1n) is 8.53. The largest absolute Gasteiger partial charge is 0.335 e. The normalized spacial score (nSPS) is 21.5. The lowest BCUT2D eigenvalue weighted by Crippen LogP contribution is -2.51. The lowest BCUT2D eigenvalue weighted by Gasteiger charge is -2.33. The number of nitrogens with one attached hydrogen (secondary N) is 2. The first-order valence-corrected chi connectivity index (χ1v) is 8.90. The van der Waals surface area contributed by atoms with Gasteiger partial charge < -0.3 is 10.6 Å². The van der Waals surface area contributed by atoms with Crippen molar-refractivity contribution in [1.82, 2.24) is 10.6 Å². The summed E-state index contributed by atoms with van der Waals surface area (Å²) < 4.78 is 0. The summed E-state index contributed by atoms with van der Waals surface area (Å²) >= 11 is 6.15. The Morgan fingerprint density at radius 2 is 1.82 bits per heavy atom. The van der Waals surface area contributed by atoms with Gasteiger partial charge in [-0.05, 0) is 43.4 Å². The van der Waals surface area contributed by atoms with Crippen molar-refractivity contribution in [3.05, 3.63) is 34.9 Å². The van der Waals surface area contributed by atoms with Gasteiger partial charge in [0.05, 0.1) is 5.54 Å². The third-order valence-electron chi connectivity index (χ3n) is 5.13. The number of carbonyl (C=O) groups excluding carboxylic acids is 1. The van der Waals surface area contributed by atoms with Gasteiger partial charge in [-0.2, -0.15) is 0 Å². The van der Waals surface area contributed by atoms with Crippen LogP contribution in [0.25, 0.3) is 0 Å². The predicted molar refractivity (Wildman–Crippen MR) is 90.1 cm³/mol. The van der Waals surface area contributed by atoms with E-state index < -0.39 is 0 Å². The molecule has 3 rings (SSSR count).